The quantitative estimate of drug-likeness (QED) is 0.710. The Bertz CT molecular complexity index is 882. The molecule has 5 atom stereocenters. The minimum absolute atomic E-state index is 0.0555. The summed E-state index contributed by atoms with van der Waals surface area (Å²) in [7, 11) is 0. The van der Waals surface area contributed by atoms with Crippen molar-refractivity contribution in [3.63, 3.8) is 0 Å². The molecule has 2 fully saturated rings. The Morgan fingerprint density at radius 2 is 1.78 bits per heavy atom. The molecule has 1 aliphatic carbocycles. The third-order valence-corrected chi connectivity index (χ3v) is 6.94. The number of carbonyl (C=O) groups excluding carboxylic acids is 1. The Balaban J connectivity index is 1.85. The van der Waals surface area contributed by atoms with E-state index < -0.39 is 5.41 Å². The number of hydrogen-bond donors (Lipinski definition) is 3. The van der Waals surface area contributed by atoms with Crippen LogP contribution in [0.25, 0.3) is 0 Å². The zero-order chi connectivity index (χ0) is 19.3. The molecule has 4 rings (SSSR count). The van der Waals surface area contributed by atoms with Gasteiger partial charge < -0.3 is 15.5 Å². The average molecular weight is 386 g/mol. The molecule has 3 N–H and O–H groups in total. The van der Waals surface area contributed by atoms with Gasteiger partial charge in [-0.1, -0.05) is 36.7 Å². The summed E-state index contributed by atoms with van der Waals surface area (Å²) in [6.45, 7) is 4.14. The number of benzene rings is 2. The third-order valence-electron chi connectivity index (χ3n) is 6.61. The van der Waals surface area contributed by atoms with Crippen LogP contribution in [-0.2, 0) is 4.79 Å². The van der Waals surface area contributed by atoms with Gasteiger partial charge in [-0.15, -0.1) is 0 Å². The smallest absolute Gasteiger partial charge is 0.226 e. The van der Waals surface area contributed by atoms with Crippen LogP contribution in [0, 0.1) is 11.3 Å². The van der Waals surface area contributed by atoms with Crippen molar-refractivity contribution in [1.29, 1.82) is 0 Å². The highest BCUT2D eigenvalue weighted by Gasteiger charge is 2.57. The van der Waals surface area contributed by atoms with Crippen molar-refractivity contribution in [3.05, 3.63) is 58.6 Å². The lowest BCUT2D eigenvalue weighted by atomic mass is 9.56. The molecule has 1 aliphatic heterocycles. The van der Waals surface area contributed by atoms with Crippen LogP contribution in [0.15, 0.2) is 42.5 Å². The molecule has 5 heteroatoms. The fourth-order valence-electron chi connectivity index (χ4n) is 5.34. The Kier molecular flexibility index (Phi) is 4.34. The van der Waals surface area contributed by atoms with Crippen LogP contribution >= 0.6 is 11.6 Å². The average Bonchev–Trinajstić information content (AvgIpc) is 2.85. The highest BCUT2D eigenvalue weighted by molar-refractivity contribution is 6.31. The molecule has 4 nitrogen and oxygen atoms in total. The molecule has 27 heavy (non-hydrogen) atoms. The van der Waals surface area contributed by atoms with Gasteiger partial charge in [-0.3, -0.25) is 4.79 Å². The number of phenols is 2. The van der Waals surface area contributed by atoms with Gasteiger partial charge >= 0.3 is 0 Å². The molecule has 2 aliphatic rings. The Morgan fingerprint density at radius 1 is 1.11 bits per heavy atom. The van der Waals surface area contributed by atoms with E-state index in [2.05, 4.69) is 19.2 Å². The normalized spacial score (nSPS) is 32.8. The fourth-order valence-corrected chi connectivity index (χ4v) is 5.65. The standard InChI is InChI=1S/C22H24ClNO3/c1-12-20-19(13-3-5-14(25)6-4-13)17(9-10-22(20,2)21(27)24-12)16-8-7-15(26)11-18(16)23/h3-8,11-12,17,19-20,25-26H,9-10H2,1-2H3,(H,24,27). The summed E-state index contributed by atoms with van der Waals surface area (Å²) in [6, 6.07) is 12.5. The van der Waals surface area contributed by atoms with Crippen LogP contribution in [0.5, 0.6) is 11.5 Å². The van der Waals surface area contributed by atoms with E-state index in [1.807, 2.05) is 18.2 Å². The van der Waals surface area contributed by atoms with Crippen LogP contribution < -0.4 is 5.32 Å². The molecule has 0 bridgehead atoms. The lowest BCUT2D eigenvalue weighted by Crippen LogP contribution is -2.42. The zero-order valence-corrected chi connectivity index (χ0v) is 16.2. The molecule has 2 aromatic carbocycles. The number of aromatic hydroxyl groups is 2. The summed E-state index contributed by atoms with van der Waals surface area (Å²) < 4.78 is 0. The van der Waals surface area contributed by atoms with Gasteiger partial charge in [0.05, 0.1) is 5.41 Å². The minimum Gasteiger partial charge on any atom is -0.508 e. The van der Waals surface area contributed by atoms with Crippen LogP contribution in [0.3, 0.4) is 0 Å². The van der Waals surface area contributed by atoms with Crippen LogP contribution in [0.4, 0.5) is 0 Å². The number of phenolic OH excluding ortho intramolecular Hbond substituents is 2. The number of hydrogen-bond acceptors (Lipinski definition) is 3. The van der Waals surface area contributed by atoms with Gasteiger partial charge in [0.2, 0.25) is 5.91 Å². The van der Waals surface area contributed by atoms with Gasteiger partial charge in [-0.05, 0) is 67.0 Å². The highest BCUT2D eigenvalue weighted by Crippen LogP contribution is 2.59. The summed E-state index contributed by atoms with van der Waals surface area (Å²) >= 11 is 6.50. The van der Waals surface area contributed by atoms with Crippen molar-refractivity contribution >= 4 is 17.5 Å². The first-order valence-electron chi connectivity index (χ1n) is 9.39. The molecule has 0 aromatic heterocycles. The number of rotatable bonds is 2. The summed E-state index contributed by atoms with van der Waals surface area (Å²) in [5, 5.41) is 23.2. The van der Waals surface area contributed by atoms with Crippen LogP contribution in [0.2, 0.25) is 5.02 Å². The molecule has 1 heterocycles. The van der Waals surface area contributed by atoms with E-state index in [0.717, 1.165) is 24.0 Å². The summed E-state index contributed by atoms with van der Waals surface area (Å²) in [5.74, 6) is 0.843. The molecular formula is C22H24ClNO3. The van der Waals surface area contributed by atoms with E-state index in [1.54, 1.807) is 24.3 Å². The van der Waals surface area contributed by atoms with Gasteiger partial charge in [-0.2, -0.15) is 0 Å². The second kappa shape index (κ2) is 6.45. The number of fused-ring (bicyclic) bond motifs is 1. The monoisotopic (exact) mass is 385 g/mol. The maximum absolute atomic E-state index is 12.7. The van der Waals surface area contributed by atoms with E-state index in [4.69, 9.17) is 11.6 Å². The molecule has 1 saturated heterocycles. The molecule has 5 unspecified atom stereocenters. The fraction of sp³-hybridized carbons (Fsp3) is 0.409. The summed E-state index contributed by atoms with van der Waals surface area (Å²) in [4.78, 5) is 12.7. The van der Waals surface area contributed by atoms with Crippen LogP contribution in [0.1, 0.15) is 49.7 Å². The first-order valence-corrected chi connectivity index (χ1v) is 9.77. The topological polar surface area (TPSA) is 69.6 Å². The van der Waals surface area contributed by atoms with Gasteiger partial charge in [0.15, 0.2) is 0 Å². The predicted molar refractivity (Wildman–Crippen MR) is 105 cm³/mol. The first kappa shape index (κ1) is 18.2. The Labute approximate surface area is 164 Å². The van der Waals surface area contributed by atoms with Crippen molar-refractivity contribution in [3.8, 4) is 11.5 Å². The summed E-state index contributed by atoms with van der Waals surface area (Å²) in [5.41, 5.74) is 1.68. The largest absolute Gasteiger partial charge is 0.508 e. The van der Waals surface area contributed by atoms with Crippen molar-refractivity contribution < 1.29 is 15.0 Å². The molecule has 1 amide bonds. The number of carbonyl (C=O) groups is 1. The number of halogens is 1. The highest BCUT2D eigenvalue weighted by atomic mass is 35.5. The van der Waals surface area contributed by atoms with Gasteiger partial charge in [0.25, 0.3) is 0 Å². The second-order valence-electron chi connectivity index (χ2n) is 8.17. The van der Waals surface area contributed by atoms with Crippen molar-refractivity contribution in [2.75, 3.05) is 0 Å². The lowest BCUT2D eigenvalue weighted by molar-refractivity contribution is -0.129. The van der Waals surface area contributed by atoms with Gasteiger partial charge in [-0.25, -0.2) is 0 Å². The Morgan fingerprint density at radius 3 is 2.44 bits per heavy atom. The molecule has 0 radical (unpaired) electrons. The predicted octanol–water partition coefficient (Wildman–Crippen LogP) is 4.55. The molecule has 1 saturated carbocycles. The van der Waals surface area contributed by atoms with Gasteiger partial charge in [0.1, 0.15) is 11.5 Å². The summed E-state index contributed by atoms with van der Waals surface area (Å²) in [6.07, 6.45) is 1.63. The van der Waals surface area contributed by atoms with E-state index in [0.29, 0.717) is 5.02 Å². The molecule has 2 aromatic rings. The molecule has 0 spiro atoms. The number of amides is 1. The molecular weight excluding hydrogens is 362 g/mol. The van der Waals surface area contributed by atoms with E-state index in [-0.39, 0.29) is 41.2 Å². The van der Waals surface area contributed by atoms with Crippen LogP contribution in [-0.4, -0.2) is 22.2 Å². The molecule has 142 valence electrons. The maximum atomic E-state index is 12.7. The lowest BCUT2D eigenvalue weighted by Gasteiger charge is -2.46. The first-order chi connectivity index (χ1) is 12.8. The Hall–Kier alpha value is -2.20. The third kappa shape index (κ3) is 2.87. The van der Waals surface area contributed by atoms with E-state index in [1.165, 1.54) is 0 Å². The van der Waals surface area contributed by atoms with Crippen molar-refractivity contribution in [2.45, 2.75) is 44.6 Å². The van der Waals surface area contributed by atoms with Crippen molar-refractivity contribution in [1.82, 2.24) is 5.32 Å². The minimum atomic E-state index is -0.415. The van der Waals surface area contributed by atoms with E-state index in [9.17, 15) is 15.0 Å². The van der Waals surface area contributed by atoms with Crippen molar-refractivity contribution in [2.24, 2.45) is 11.3 Å². The SMILES string of the molecule is CC1NC(=O)C2(C)CCC(c3ccc(O)cc3Cl)C(c3ccc(O)cc3)C12. The zero-order valence-electron chi connectivity index (χ0n) is 15.4. The van der Waals surface area contributed by atoms with Gasteiger partial charge in [0, 0.05) is 17.0 Å². The maximum Gasteiger partial charge on any atom is 0.226 e. The number of nitrogens with one attached hydrogen (secondary N) is 1. The van der Waals surface area contributed by atoms with E-state index >= 15 is 0 Å². The second-order valence-corrected chi connectivity index (χ2v) is 8.58.